The van der Waals surface area contributed by atoms with Crippen molar-refractivity contribution in [2.75, 3.05) is 0 Å². The summed E-state index contributed by atoms with van der Waals surface area (Å²) in [7, 11) is 0. The van der Waals surface area contributed by atoms with Crippen molar-refractivity contribution in [1.82, 2.24) is 0 Å². The first-order chi connectivity index (χ1) is 4.79. The Kier molecular flexibility index (Phi) is 3.66. The summed E-state index contributed by atoms with van der Waals surface area (Å²) >= 11 is 8.69. The number of rotatable bonds is 3. The van der Waals surface area contributed by atoms with E-state index in [1.807, 2.05) is 10.8 Å². The first-order valence-electron chi connectivity index (χ1n) is 2.93. The lowest BCUT2D eigenvalue weighted by Gasteiger charge is -2.03. The van der Waals surface area contributed by atoms with E-state index in [9.17, 15) is 4.79 Å². The van der Waals surface area contributed by atoms with Crippen molar-refractivity contribution in [2.45, 2.75) is 17.4 Å². The van der Waals surface area contributed by atoms with Crippen molar-refractivity contribution in [3.8, 4) is 0 Å². The zero-order valence-electron chi connectivity index (χ0n) is 5.25. The molecule has 1 aliphatic heterocycles. The fraction of sp³-hybridized carbons (Fsp3) is 0.500. The van der Waals surface area contributed by atoms with Gasteiger partial charge >= 0.3 is 0 Å². The van der Waals surface area contributed by atoms with E-state index in [0.29, 0.717) is 11.0 Å². The molecule has 0 atom stereocenters. The maximum absolute atomic E-state index is 10.3. The van der Waals surface area contributed by atoms with Crippen molar-refractivity contribution in [3.05, 3.63) is 10.8 Å². The molecule has 0 aromatic carbocycles. The molecule has 1 aliphatic rings. The quantitative estimate of drug-likeness (QED) is 0.644. The van der Waals surface area contributed by atoms with Crippen LogP contribution in [0.15, 0.2) is 10.8 Å². The molecule has 0 aromatic rings. The van der Waals surface area contributed by atoms with Crippen LogP contribution in [0.1, 0.15) is 12.8 Å². The van der Waals surface area contributed by atoms with E-state index in [1.165, 1.54) is 0 Å². The average molecular weight is 195 g/mol. The Labute approximate surface area is 73.6 Å². The maximum atomic E-state index is 10.3. The molecular weight excluding hydrogens is 188 g/mol. The highest BCUT2D eigenvalue weighted by Crippen LogP contribution is 2.36. The molecule has 1 heterocycles. The van der Waals surface area contributed by atoms with E-state index in [0.717, 1.165) is 6.42 Å². The standard InChI is InChI=1S/C6H7ClOS2/c7-5(8)1-2-6-9-3-4-10-6/h3-4,6H,1-2H2. The number of carbonyl (C=O) groups is 1. The molecule has 0 fully saturated rings. The number of carbonyl (C=O) groups excluding carboxylic acids is 1. The molecule has 0 bridgehead atoms. The lowest BCUT2D eigenvalue weighted by molar-refractivity contribution is -0.111. The Morgan fingerprint density at radius 2 is 2.10 bits per heavy atom. The Hall–Kier alpha value is 0.400. The molecule has 0 spiro atoms. The van der Waals surface area contributed by atoms with Crippen molar-refractivity contribution in [3.63, 3.8) is 0 Å². The van der Waals surface area contributed by atoms with Crippen molar-refractivity contribution >= 4 is 40.4 Å². The van der Waals surface area contributed by atoms with Gasteiger partial charge in [0.25, 0.3) is 0 Å². The van der Waals surface area contributed by atoms with Crippen LogP contribution in [0.4, 0.5) is 0 Å². The van der Waals surface area contributed by atoms with Crippen molar-refractivity contribution < 1.29 is 4.79 Å². The van der Waals surface area contributed by atoms with Gasteiger partial charge in [-0.2, -0.15) is 0 Å². The second-order valence-corrected chi connectivity index (χ2v) is 4.81. The molecule has 0 saturated carbocycles. The van der Waals surface area contributed by atoms with Gasteiger partial charge in [0.05, 0.1) is 4.58 Å². The second-order valence-electron chi connectivity index (χ2n) is 1.87. The summed E-state index contributed by atoms with van der Waals surface area (Å²) in [4.78, 5) is 10.3. The van der Waals surface area contributed by atoms with Gasteiger partial charge in [0.1, 0.15) is 0 Å². The summed E-state index contributed by atoms with van der Waals surface area (Å²) in [5, 5.41) is 3.87. The SMILES string of the molecule is O=C(Cl)CCC1SC=CS1. The number of hydrogen-bond acceptors (Lipinski definition) is 3. The van der Waals surface area contributed by atoms with E-state index in [-0.39, 0.29) is 5.24 Å². The van der Waals surface area contributed by atoms with Crippen LogP contribution in [0.25, 0.3) is 0 Å². The van der Waals surface area contributed by atoms with Gasteiger partial charge in [0, 0.05) is 6.42 Å². The molecule has 0 unspecified atom stereocenters. The second kappa shape index (κ2) is 4.31. The molecule has 4 heteroatoms. The number of thioether (sulfide) groups is 2. The maximum Gasteiger partial charge on any atom is 0.221 e. The third-order valence-corrected chi connectivity index (χ3v) is 3.79. The highest BCUT2D eigenvalue weighted by molar-refractivity contribution is 8.22. The monoisotopic (exact) mass is 194 g/mol. The first kappa shape index (κ1) is 8.50. The third-order valence-electron chi connectivity index (χ3n) is 1.09. The molecule has 1 nitrogen and oxygen atoms in total. The molecule has 1 rings (SSSR count). The lowest BCUT2D eigenvalue weighted by atomic mass is 10.4. The lowest BCUT2D eigenvalue weighted by Crippen LogP contribution is -1.94. The molecule has 56 valence electrons. The van der Waals surface area contributed by atoms with Gasteiger partial charge in [-0.25, -0.2) is 0 Å². The Bertz CT molecular complexity index is 150. The summed E-state index contributed by atoms with van der Waals surface area (Å²) in [6.45, 7) is 0. The van der Waals surface area contributed by atoms with Crippen LogP contribution in [0, 0.1) is 0 Å². The number of halogens is 1. The topological polar surface area (TPSA) is 17.1 Å². The summed E-state index contributed by atoms with van der Waals surface area (Å²) in [6.07, 6.45) is 1.37. The van der Waals surface area contributed by atoms with Gasteiger partial charge in [-0.1, -0.05) is 0 Å². The summed E-state index contributed by atoms with van der Waals surface area (Å²) in [5.74, 6) is 0. The highest BCUT2D eigenvalue weighted by Gasteiger charge is 2.12. The Balaban J connectivity index is 2.09. The van der Waals surface area contributed by atoms with Crippen LogP contribution < -0.4 is 0 Å². The molecule has 0 saturated heterocycles. The predicted molar refractivity (Wildman–Crippen MR) is 48.2 cm³/mol. The molecule has 0 radical (unpaired) electrons. The number of hydrogen-bond donors (Lipinski definition) is 0. The minimum atomic E-state index is -0.229. The van der Waals surface area contributed by atoms with Gasteiger partial charge in [0.2, 0.25) is 5.24 Å². The van der Waals surface area contributed by atoms with Gasteiger partial charge in [-0.3, -0.25) is 4.79 Å². The van der Waals surface area contributed by atoms with Crippen LogP contribution in [0.2, 0.25) is 0 Å². The van der Waals surface area contributed by atoms with Crippen LogP contribution in [-0.2, 0) is 4.79 Å². The predicted octanol–water partition coefficient (Wildman–Crippen LogP) is 2.81. The highest BCUT2D eigenvalue weighted by atomic mass is 35.5. The van der Waals surface area contributed by atoms with Crippen molar-refractivity contribution in [1.29, 1.82) is 0 Å². The summed E-state index contributed by atoms with van der Waals surface area (Å²) < 4.78 is 0.516. The van der Waals surface area contributed by atoms with Gasteiger partial charge in [0.15, 0.2) is 0 Å². The van der Waals surface area contributed by atoms with Crippen molar-refractivity contribution in [2.24, 2.45) is 0 Å². The molecule has 0 amide bonds. The zero-order valence-corrected chi connectivity index (χ0v) is 7.64. The largest absolute Gasteiger partial charge is 0.281 e. The van der Waals surface area contributed by atoms with E-state index >= 15 is 0 Å². The smallest absolute Gasteiger partial charge is 0.221 e. The van der Waals surface area contributed by atoms with Gasteiger partial charge in [-0.05, 0) is 28.8 Å². The third kappa shape index (κ3) is 2.99. The fourth-order valence-electron chi connectivity index (χ4n) is 0.639. The van der Waals surface area contributed by atoms with Crippen LogP contribution in [-0.4, -0.2) is 9.82 Å². The van der Waals surface area contributed by atoms with Crippen LogP contribution >= 0.6 is 35.1 Å². The van der Waals surface area contributed by atoms with Gasteiger partial charge in [-0.15, -0.1) is 23.5 Å². The average Bonchev–Trinajstić information content (AvgIpc) is 2.34. The normalized spacial score (nSPS) is 18.1. The summed E-state index contributed by atoms with van der Waals surface area (Å²) in [6, 6.07) is 0. The van der Waals surface area contributed by atoms with Crippen LogP contribution in [0.5, 0.6) is 0 Å². The minimum Gasteiger partial charge on any atom is -0.281 e. The van der Waals surface area contributed by atoms with Gasteiger partial charge < -0.3 is 0 Å². The molecule has 10 heavy (non-hydrogen) atoms. The zero-order chi connectivity index (χ0) is 7.40. The minimum absolute atomic E-state index is 0.229. The Morgan fingerprint density at radius 3 is 2.60 bits per heavy atom. The van der Waals surface area contributed by atoms with E-state index < -0.39 is 0 Å². The fourth-order valence-corrected chi connectivity index (χ4v) is 2.76. The van der Waals surface area contributed by atoms with Crippen LogP contribution in [0.3, 0.4) is 0 Å². The van der Waals surface area contributed by atoms with E-state index in [2.05, 4.69) is 0 Å². The first-order valence-corrected chi connectivity index (χ1v) is 5.19. The molecule has 0 aliphatic carbocycles. The summed E-state index contributed by atoms with van der Waals surface area (Å²) in [5.41, 5.74) is 0. The molecule has 0 N–H and O–H groups in total. The Morgan fingerprint density at radius 1 is 1.50 bits per heavy atom. The van der Waals surface area contributed by atoms with E-state index in [1.54, 1.807) is 23.5 Å². The van der Waals surface area contributed by atoms with E-state index in [4.69, 9.17) is 11.6 Å². The molecule has 0 aromatic heterocycles. The molecular formula is C6H7ClOS2.